The average Bonchev–Trinajstić information content (AvgIpc) is 2.95. The van der Waals surface area contributed by atoms with Crippen molar-refractivity contribution in [2.75, 3.05) is 0 Å². The number of rotatable bonds is 9. The topological polar surface area (TPSA) is 32.3 Å². The van der Waals surface area contributed by atoms with E-state index in [0.29, 0.717) is 0 Å². The van der Waals surface area contributed by atoms with Crippen LogP contribution in [0.2, 0.25) is 0 Å². The van der Waals surface area contributed by atoms with Crippen LogP contribution in [-0.2, 0) is 11.2 Å². The van der Waals surface area contributed by atoms with Crippen LogP contribution in [0.5, 0.6) is 0 Å². The van der Waals surface area contributed by atoms with Gasteiger partial charge in [0.2, 0.25) is 5.91 Å². The summed E-state index contributed by atoms with van der Waals surface area (Å²) in [5.41, 5.74) is 2.66. The van der Waals surface area contributed by atoms with Crippen LogP contribution in [0.25, 0.3) is 10.8 Å². The molecule has 3 nitrogen and oxygen atoms in total. The van der Waals surface area contributed by atoms with E-state index in [1.54, 1.807) is 26.0 Å². The minimum atomic E-state index is -4.52. The fourth-order valence-electron chi connectivity index (χ4n) is 4.58. The number of benzene rings is 2. The molecule has 170 valence electrons. The van der Waals surface area contributed by atoms with Crippen LogP contribution in [0.1, 0.15) is 82.9 Å². The lowest BCUT2D eigenvalue weighted by atomic mass is 9.91. The maximum Gasteiger partial charge on any atom is 0.409 e. The maximum atomic E-state index is 14.3. The summed E-state index contributed by atoms with van der Waals surface area (Å²) < 4.78 is 42.9. The Hall–Kier alpha value is -2.08. The molecule has 1 N–H and O–H groups in total. The molecule has 3 rings (SSSR count). The van der Waals surface area contributed by atoms with Gasteiger partial charge in [0.1, 0.15) is 0 Å². The molecule has 0 radical (unpaired) electrons. The van der Waals surface area contributed by atoms with Crippen molar-refractivity contribution in [2.45, 2.75) is 89.9 Å². The number of hydrogen-bond donors (Lipinski definition) is 1. The molecule has 0 aromatic heterocycles. The van der Waals surface area contributed by atoms with E-state index in [1.807, 2.05) is 24.3 Å². The van der Waals surface area contributed by atoms with Crippen LogP contribution in [0.15, 0.2) is 36.4 Å². The quantitative estimate of drug-likeness (QED) is 0.437. The van der Waals surface area contributed by atoms with Crippen LogP contribution in [0, 0.1) is 0 Å². The fourth-order valence-corrected chi connectivity index (χ4v) is 4.58. The number of halogens is 3. The van der Waals surface area contributed by atoms with E-state index in [9.17, 15) is 18.0 Å². The molecule has 0 saturated carbocycles. The highest BCUT2D eigenvalue weighted by molar-refractivity contribution is 5.86. The zero-order valence-corrected chi connectivity index (χ0v) is 18.7. The van der Waals surface area contributed by atoms with Crippen molar-refractivity contribution in [1.29, 1.82) is 0 Å². The number of hydrazine groups is 1. The number of amides is 1. The predicted molar refractivity (Wildman–Crippen MR) is 119 cm³/mol. The number of hydrogen-bond acceptors (Lipinski definition) is 2. The lowest BCUT2D eigenvalue weighted by molar-refractivity contribution is -0.203. The van der Waals surface area contributed by atoms with E-state index >= 15 is 0 Å². The molecule has 0 bridgehead atoms. The second-order valence-corrected chi connectivity index (χ2v) is 9.26. The monoisotopic (exact) mass is 434 g/mol. The van der Waals surface area contributed by atoms with Crippen molar-refractivity contribution in [3.8, 4) is 0 Å². The second kappa shape index (κ2) is 9.60. The molecule has 2 aromatic rings. The zero-order chi connectivity index (χ0) is 22.6. The van der Waals surface area contributed by atoms with E-state index in [-0.39, 0.29) is 17.9 Å². The largest absolute Gasteiger partial charge is 0.409 e. The first-order chi connectivity index (χ1) is 14.6. The first-order valence-electron chi connectivity index (χ1n) is 11.3. The smallest absolute Gasteiger partial charge is 0.287 e. The van der Waals surface area contributed by atoms with Crippen LogP contribution in [0.4, 0.5) is 13.2 Å². The molecule has 2 aromatic carbocycles. The van der Waals surface area contributed by atoms with Gasteiger partial charge in [0.25, 0.3) is 0 Å². The first-order valence-corrected chi connectivity index (χ1v) is 11.3. The van der Waals surface area contributed by atoms with Gasteiger partial charge in [0.05, 0.1) is 0 Å². The van der Waals surface area contributed by atoms with E-state index in [4.69, 9.17) is 0 Å². The summed E-state index contributed by atoms with van der Waals surface area (Å²) >= 11 is 0. The van der Waals surface area contributed by atoms with Crippen molar-refractivity contribution in [3.63, 3.8) is 0 Å². The van der Waals surface area contributed by atoms with Crippen molar-refractivity contribution in [1.82, 2.24) is 10.4 Å². The van der Waals surface area contributed by atoms with Gasteiger partial charge in [-0.2, -0.15) is 18.2 Å². The number of carbonyl (C=O) groups excluding carboxylic acids is 1. The molecule has 0 unspecified atom stereocenters. The van der Waals surface area contributed by atoms with Gasteiger partial charge in [-0.1, -0.05) is 69.4 Å². The summed E-state index contributed by atoms with van der Waals surface area (Å²) in [7, 11) is 0. The maximum absolute atomic E-state index is 14.3. The molecule has 1 saturated heterocycles. The molecular formula is C25H33F3N2O. The highest BCUT2D eigenvalue weighted by atomic mass is 19.4. The van der Waals surface area contributed by atoms with Crippen LogP contribution in [-0.4, -0.2) is 22.6 Å². The highest BCUT2D eigenvalue weighted by Gasteiger charge is 2.53. The van der Waals surface area contributed by atoms with Gasteiger partial charge >= 0.3 is 6.18 Å². The highest BCUT2D eigenvalue weighted by Crippen LogP contribution is 2.44. The van der Waals surface area contributed by atoms with Gasteiger partial charge in [-0.15, -0.1) is 0 Å². The van der Waals surface area contributed by atoms with E-state index in [0.717, 1.165) is 47.0 Å². The molecule has 1 aliphatic rings. The molecule has 1 heterocycles. The Kier molecular flexibility index (Phi) is 7.30. The van der Waals surface area contributed by atoms with Crippen LogP contribution >= 0.6 is 0 Å². The third-order valence-electron chi connectivity index (χ3n) is 6.14. The summed E-state index contributed by atoms with van der Waals surface area (Å²) in [6.07, 6.45) is 3.09. The Morgan fingerprint density at radius 1 is 1.06 bits per heavy atom. The number of nitrogens with zero attached hydrogens (tertiary/aromatic N) is 1. The third-order valence-corrected chi connectivity index (χ3v) is 6.14. The minimum Gasteiger partial charge on any atom is -0.287 e. The van der Waals surface area contributed by atoms with Crippen molar-refractivity contribution in [3.05, 3.63) is 47.5 Å². The number of unbranched alkanes of at least 4 members (excludes halogenated alkanes) is 5. The SMILES string of the molecule is CCCCCCCCc1cc([C@H](N2NC(=O)CC2(C)C)C(F)(F)F)cc2ccccc12. The Morgan fingerprint density at radius 3 is 2.39 bits per heavy atom. The van der Waals surface area contributed by atoms with Gasteiger partial charge in [0, 0.05) is 12.0 Å². The molecule has 31 heavy (non-hydrogen) atoms. The summed E-state index contributed by atoms with van der Waals surface area (Å²) in [5.74, 6) is -0.382. The molecule has 0 spiro atoms. The van der Waals surface area contributed by atoms with Gasteiger partial charge in [-0.05, 0) is 54.7 Å². The normalized spacial score (nSPS) is 17.8. The summed E-state index contributed by atoms with van der Waals surface area (Å²) in [5, 5.41) is 2.90. The van der Waals surface area contributed by atoms with Crippen LogP contribution in [0.3, 0.4) is 0 Å². The Bertz CT molecular complexity index is 907. The number of aryl methyl sites for hydroxylation is 1. The third kappa shape index (κ3) is 5.59. The summed E-state index contributed by atoms with van der Waals surface area (Å²) in [4.78, 5) is 11.9. The van der Waals surface area contributed by atoms with Gasteiger partial charge in [-0.3, -0.25) is 10.2 Å². The summed E-state index contributed by atoms with van der Waals surface area (Å²) in [6.45, 7) is 5.52. The standard InChI is InChI=1S/C25H33F3N2O/c1-4-5-6-7-8-9-12-18-15-20(16-19-13-10-11-14-21(18)19)23(25(26,27)28)30-24(2,3)17-22(31)29-30/h10-11,13-16,23H,4-9,12,17H2,1-3H3,(H,29,31)/t23-/m0/s1. The van der Waals surface area contributed by atoms with Gasteiger partial charge < -0.3 is 0 Å². The number of carbonyl (C=O) groups is 1. The number of alkyl halides is 3. The molecule has 1 amide bonds. The van der Waals surface area contributed by atoms with E-state index < -0.39 is 17.8 Å². The fraction of sp³-hybridized carbons (Fsp3) is 0.560. The summed E-state index contributed by atoms with van der Waals surface area (Å²) in [6, 6.07) is 9.07. The second-order valence-electron chi connectivity index (χ2n) is 9.26. The first kappa shape index (κ1) is 23.6. The molecule has 1 aliphatic heterocycles. The minimum absolute atomic E-state index is 0.0395. The number of fused-ring (bicyclic) bond motifs is 1. The molecule has 1 fully saturated rings. The lowest BCUT2D eigenvalue weighted by Crippen LogP contribution is -2.51. The molecule has 6 heteroatoms. The van der Waals surface area contributed by atoms with Crippen molar-refractivity contribution in [2.24, 2.45) is 0 Å². The van der Waals surface area contributed by atoms with Gasteiger partial charge in [0.15, 0.2) is 6.04 Å². The van der Waals surface area contributed by atoms with Crippen molar-refractivity contribution < 1.29 is 18.0 Å². The molecule has 0 aliphatic carbocycles. The van der Waals surface area contributed by atoms with Crippen molar-refractivity contribution >= 4 is 16.7 Å². The van der Waals surface area contributed by atoms with Gasteiger partial charge in [-0.25, -0.2) is 0 Å². The lowest BCUT2D eigenvalue weighted by Gasteiger charge is -2.38. The molecular weight excluding hydrogens is 401 g/mol. The average molecular weight is 435 g/mol. The zero-order valence-electron chi connectivity index (χ0n) is 18.7. The van der Waals surface area contributed by atoms with E-state index in [2.05, 4.69) is 12.3 Å². The molecule has 1 atom stereocenters. The van der Waals surface area contributed by atoms with E-state index in [1.165, 1.54) is 19.3 Å². The Labute approximate surface area is 183 Å². The predicted octanol–water partition coefficient (Wildman–Crippen LogP) is 6.86. The Balaban J connectivity index is 1.95. The van der Waals surface area contributed by atoms with Crippen LogP contribution < -0.4 is 5.43 Å². The Morgan fingerprint density at radius 2 is 1.74 bits per heavy atom. The number of nitrogens with one attached hydrogen (secondary N) is 1.